The number of hydrogen-bond acceptors (Lipinski definition) is 4. The molecule has 28 heavy (non-hydrogen) atoms. The fourth-order valence-corrected chi connectivity index (χ4v) is 2.04. The van der Waals surface area contributed by atoms with Crippen molar-refractivity contribution < 1.29 is 41.0 Å². The van der Waals surface area contributed by atoms with Gasteiger partial charge in [-0.25, -0.2) is 18.0 Å². The van der Waals surface area contributed by atoms with Crippen molar-refractivity contribution in [2.24, 2.45) is 0 Å². The van der Waals surface area contributed by atoms with Gasteiger partial charge in [0.25, 0.3) is 0 Å². The van der Waals surface area contributed by atoms with Gasteiger partial charge in [0.2, 0.25) is 34.8 Å². The monoisotopic (exact) mass is 403 g/mol. The van der Waals surface area contributed by atoms with Crippen molar-refractivity contribution in [3.8, 4) is 5.75 Å². The second-order valence-electron chi connectivity index (χ2n) is 5.47. The molecule has 150 valence electrons. The molecule has 2 aromatic rings. The van der Waals surface area contributed by atoms with Crippen LogP contribution in [0.25, 0.3) is 0 Å². The molecule has 0 heterocycles. The van der Waals surface area contributed by atoms with Gasteiger partial charge < -0.3 is 14.8 Å². The molecule has 2 aromatic carbocycles. The highest BCUT2D eigenvalue weighted by atomic mass is 19.2. The van der Waals surface area contributed by atoms with E-state index in [9.17, 15) is 31.5 Å². The van der Waals surface area contributed by atoms with E-state index in [0.717, 1.165) is 5.56 Å². The second kappa shape index (κ2) is 9.67. The number of carbonyl (C=O) groups is 2. The fraction of sp³-hybridized carbons (Fsp3) is 0.222. The minimum Gasteiger partial charge on any atom is -0.445 e. The number of alkyl carbamates (subject to hydrolysis) is 1. The van der Waals surface area contributed by atoms with Crippen LogP contribution in [0.2, 0.25) is 0 Å². The summed E-state index contributed by atoms with van der Waals surface area (Å²) in [5, 5.41) is 2.33. The molecular weight excluding hydrogens is 389 g/mol. The maximum absolute atomic E-state index is 13.4. The smallest absolute Gasteiger partial charge is 0.407 e. The van der Waals surface area contributed by atoms with E-state index in [1.54, 1.807) is 30.3 Å². The van der Waals surface area contributed by atoms with Crippen LogP contribution >= 0.6 is 0 Å². The number of nitrogens with one attached hydrogen (secondary N) is 1. The quantitative estimate of drug-likeness (QED) is 0.190. The van der Waals surface area contributed by atoms with Crippen molar-refractivity contribution in [3.05, 3.63) is 65.0 Å². The number of carbonyl (C=O) groups excluding carboxylic acids is 2. The average Bonchev–Trinajstić information content (AvgIpc) is 2.70. The second-order valence-corrected chi connectivity index (χ2v) is 5.47. The third kappa shape index (κ3) is 5.41. The van der Waals surface area contributed by atoms with Crippen molar-refractivity contribution in [1.82, 2.24) is 5.32 Å². The third-order valence-electron chi connectivity index (χ3n) is 3.43. The lowest BCUT2D eigenvalue weighted by molar-refractivity contribution is -0.134. The van der Waals surface area contributed by atoms with E-state index in [1.165, 1.54) is 0 Å². The van der Waals surface area contributed by atoms with Crippen molar-refractivity contribution in [1.29, 1.82) is 0 Å². The Bertz CT molecular complexity index is 832. The van der Waals surface area contributed by atoms with Crippen LogP contribution in [0, 0.1) is 29.1 Å². The molecule has 1 amide bonds. The first-order valence-corrected chi connectivity index (χ1v) is 7.98. The van der Waals surface area contributed by atoms with Crippen LogP contribution in [0.4, 0.5) is 26.7 Å². The summed E-state index contributed by atoms with van der Waals surface area (Å²) in [6.45, 7) is -0.00517. The summed E-state index contributed by atoms with van der Waals surface area (Å²) in [7, 11) is 0. The van der Waals surface area contributed by atoms with E-state index in [4.69, 9.17) is 4.74 Å². The summed E-state index contributed by atoms with van der Waals surface area (Å²) < 4.78 is 74.9. The van der Waals surface area contributed by atoms with E-state index in [2.05, 4.69) is 10.1 Å². The van der Waals surface area contributed by atoms with Gasteiger partial charge in [0, 0.05) is 13.0 Å². The summed E-state index contributed by atoms with van der Waals surface area (Å²) in [5.74, 6) is -14.2. The molecule has 0 atom stereocenters. The molecular formula is C18H14F5NO4. The summed E-state index contributed by atoms with van der Waals surface area (Å²) in [4.78, 5) is 23.0. The average molecular weight is 403 g/mol. The summed E-state index contributed by atoms with van der Waals surface area (Å²) in [6, 6.07) is 8.85. The van der Waals surface area contributed by atoms with Crippen LogP contribution in [0.1, 0.15) is 18.4 Å². The number of halogens is 5. The standard InChI is InChI=1S/C18H14F5NO4/c19-12-13(20)15(22)17(16(23)14(12)21)28-11(25)7-4-8-24-18(26)27-9-10-5-2-1-3-6-10/h1-3,5-6H,4,7-9H2,(H,24,26). The summed E-state index contributed by atoms with van der Waals surface area (Å²) >= 11 is 0. The molecule has 0 aliphatic rings. The molecule has 0 aliphatic heterocycles. The molecule has 0 bridgehead atoms. The van der Waals surface area contributed by atoms with E-state index in [-0.39, 0.29) is 19.6 Å². The molecule has 2 rings (SSSR count). The van der Waals surface area contributed by atoms with Gasteiger partial charge in [0.05, 0.1) is 0 Å². The SMILES string of the molecule is O=C(CCCNC(=O)OCc1ccccc1)Oc1c(F)c(F)c(F)c(F)c1F. The van der Waals surface area contributed by atoms with Crippen LogP contribution in [0.5, 0.6) is 5.75 Å². The Morgan fingerprint density at radius 2 is 1.43 bits per heavy atom. The van der Waals surface area contributed by atoms with Gasteiger partial charge in [-0.1, -0.05) is 30.3 Å². The predicted molar refractivity (Wildman–Crippen MR) is 85.7 cm³/mol. The molecule has 0 spiro atoms. The lowest BCUT2D eigenvalue weighted by atomic mass is 10.2. The Morgan fingerprint density at radius 1 is 0.857 bits per heavy atom. The van der Waals surface area contributed by atoms with Crippen molar-refractivity contribution in [3.63, 3.8) is 0 Å². The lowest BCUT2D eigenvalue weighted by Crippen LogP contribution is -2.26. The van der Waals surface area contributed by atoms with Gasteiger partial charge in [0.1, 0.15) is 6.61 Å². The van der Waals surface area contributed by atoms with Crippen LogP contribution in [-0.2, 0) is 16.1 Å². The highest BCUT2D eigenvalue weighted by molar-refractivity contribution is 5.72. The van der Waals surface area contributed by atoms with E-state index >= 15 is 0 Å². The predicted octanol–water partition coefficient (Wildman–Crippen LogP) is 3.99. The molecule has 10 heteroatoms. The van der Waals surface area contributed by atoms with Crippen LogP contribution in [-0.4, -0.2) is 18.6 Å². The Hall–Kier alpha value is -3.17. The lowest BCUT2D eigenvalue weighted by Gasteiger charge is -2.09. The Kier molecular flexibility index (Phi) is 7.30. The molecule has 0 radical (unpaired) electrons. The van der Waals surface area contributed by atoms with Crippen LogP contribution < -0.4 is 10.1 Å². The minimum absolute atomic E-state index is 0.0192. The number of benzene rings is 2. The number of rotatable bonds is 7. The van der Waals surface area contributed by atoms with E-state index in [0.29, 0.717) is 0 Å². The van der Waals surface area contributed by atoms with Crippen LogP contribution in [0.3, 0.4) is 0 Å². The zero-order valence-corrected chi connectivity index (χ0v) is 14.2. The summed E-state index contributed by atoms with van der Waals surface area (Å²) in [5.41, 5.74) is 0.768. The number of ether oxygens (including phenoxy) is 2. The van der Waals surface area contributed by atoms with Gasteiger partial charge >= 0.3 is 12.1 Å². The molecule has 0 unspecified atom stereocenters. The number of amides is 1. The Labute approximate surface area is 156 Å². The van der Waals surface area contributed by atoms with Crippen LogP contribution in [0.15, 0.2) is 30.3 Å². The van der Waals surface area contributed by atoms with Gasteiger partial charge in [-0.2, -0.15) is 8.78 Å². The highest BCUT2D eigenvalue weighted by Crippen LogP contribution is 2.29. The Balaban J connectivity index is 1.75. The minimum atomic E-state index is -2.35. The maximum atomic E-state index is 13.4. The summed E-state index contributed by atoms with van der Waals surface area (Å²) in [6.07, 6.45) is -1.22. The molecule has 5 nitrogen and oxygen atoms in total. The van der Waals surface area contributed by atoms with E-state index in [1.807, 2.05) is 0 Å². The first-order chi connectivity index (χ1) is 13.3. The van der Waals surface area contributed by atoms with Crippen molar-refractivity contribution >= 4 is 12.1 Å². The molecule has 0 fully saturated rings. The highest BCUT2D eigenvalue weighted by Gasteiger charge is 2.28. The number of hydrogen-bond donors (Lipinski definition) is 1. The fourth-order valence-electron chi connectivity index (χ4n) is 2.04. The molecule has 0 saturated carbocycles. The molecule has 0 saturated heterocycles. The van der Waals surface area contributed by atoms with Gasteiger partial charge in [-0.15, -0.1) is 0 Å². The first-order valence-electron chi connectivity index (χ1n) is 7.98. The largest absolute Gasteiger partial charge is 0.445 e. The maximum Gasteiger partial charge on any atom is 0.407 e. The van der Waals surface area contributed by atoms with Crippen molar-refractivity contribution in [2.75, 3.05) is 6.54 Å². The third-order valence-corrected chi connectivity index (χ3v) is 3.43. The zero-order valence-electron chi connectivity index (χ0n) is 14.2. The zero-order chi connectivity index (χ0) is 20.7. The first kappa shape index (κ1) is 21.1. The van der Waals surface area contributed by atoms with Gasteiger partial charge in [0.15, 0.2) is 0 Å². The normalized spacial score (nSPS) is 10.5. The van der Waals surface area contributed by atoms with Gasteiger partial charge in [-0.3, -0.25) is 4.79 Å². The molecule has 0 aromatic heterocycles. The van der Waals surface area contributed by atoms with E-state index < -0.39 is 53.3 Å². The topological polar surface area (TPSA) is 64.6 Å². The van der Waals surface area contributed by atoms with Gasteiger partial charge in [-0.05, 0) is 12.0 Å². The van der Waals surface area contributed by atoms with Crippen molar-refractivity contribution in [2.45, 2.75) is 19.4 Å². The molecule has 0 aliphatic carbocycles. The Morgan fingerprint density at radius 3 is 2.04 bits per heavy atom. The molecule has 1 N–H and O–H groups in total. The number of esters is 1.